The first-order valence-electron chi connectivity index (χ1n) is 28.0. The summed E-state index contributed by atoms with van der Waals surface area (Å²) in [6.45, 7) is 2.25. The van der Waals surface area contributed by atoms with Crippen molar-refractivity contribution in [1.29, 1.82) is 0 Å². The second-order valence-corrected chi connectivity index (χ2v) is 21.5. The van der Waals surface area contributed by atoms with Gasteiger partial charge in [-0.05, 0) is 38.5 Å². The maximum atomic E-state index is 13.4. The van der Waals surface area contributed by atoms with Crippen LogP contribution in [-0.2, 0) is 42.1 Å². The van der Waals surface area contributed by atoms with Crippen LogP contribution in [0.3, 0.4) is 0 Å². The molecule has 1 saturated carbocycles. The van der Waals surface area contributed by atoms with E-state index in [1.807, 2.05) is 0 Å². The Morgan fingerprint density at radius 1 is 0.514 bits per heavy atom. The van der Waals surface area contributed by atoms with Crippen LogP contribution in [0.25, 0.3) is 0 Å². The van der Waals surface area contributed by atoms with E-state index >= 15 is 0 Å². The molecule has 1 heterocycles. The molecule has 13 unspecified atom stereocenters. The van der Waals surface area contributed by atoms with Gasteiger partial charge < -0.3 is 64.7 Å². The minimum Gasteiger partial charge on any atom is -0.462 e. The Morgan fingerprint density at radius 3 is 1.39 bits per heavy atom. The molecule has 2 aliphatic rings. The summed E-state index contributed by atoms with van der Waals surface area (Å²) >= 11 is 0. The van der Waals surface area contributed by atoms with Gasteiger partial charge in [-0.15, -0.1) is 0 Å². The zero-order chi connectivity index (χ0) is 53.0. The van der Waals surface area contributed by atoms with Crippen molar-refractivity contribution in [2.45, 2.75) is 293 Å². The number of aliphatic hydroxyl groups excluding tert-OH is 8. The van der Waals surface area contributed by atoms with Crippen LogP contribution in [0.2, 0.25) is 0 Å². The molecular formula is C53H99O18P. The maximum absolute atomic E-state index is 13.4. The predicted molar refractivity (Wildman–Crippen MR) is 272 cm³/mol. The lowest BCUT2D eigenvalue weighted by molar-refractivity contribution is -0.338. The highest BCUT2D eigenvalue weighted by Crippen LogP contribution is 2.48. The zero-order valence-corrected chi connectivity index (χ0v) is 44.9. The topological polar surface area (TPSA) is 289 Å². The second-order valence-electron chi connectivity index (χ2n) is 20.1. The molecule has 18 nitrogen and oxygen atoms in total. The number of carbonyl (C=O) groups is 2. The van der Waals surface area contributed by atoms with E-state index < -0.39 is 113 Å². The minimum atomic E-state index is -5.38. The summed E-state index contributed by atoms with van der Waals surface area (Å²) < 4.78 is 45.6. The van der Waals surface area contributed by atoms with E-state index in [1.54, 1.807) is 0 Å². The van der Waals surface area contributed by atoms with Crippen molar-refractivity contribution in [3.63, 3.8) is 0 Å². The highest BCUT2D eigenvalue weighted by Gasteiger charge is 2.55. The third-order valence-electron chi connectivity index (χ3n) is 13.7. The third-order valence-corrected chi connectivity index (χ3v) is 14.7. The van der Waals surface area contributed by atoms with Gasteiger partial charge in [-0.1, -0.05) is 180 Å². The van der Waals surface area contributed by atoms with Crippen LogP contribution in [0, 0.1) is 0 Å². The average Bonchev–Trinajstić information content (AvgIpc) is 3.36. The zero-order valence-electron chi connectivity index (χ0n) is 44.0. The fraction of sp³-hybridized carbons (Fsp3) is 0.925. The Hall–Kier alpha value is -1.61. The number of allylic oxidation sites excluding steroid dienone is 2. The molecule has 0 aromatic carbocycles. The van der Waals surface area contributed by atoms with E-state index in [2.05, 4.69) is 26.0 Å². The summed E-state index contributed by atoms with van der Waals surface area (Å²) in [5.41, 5.74) is 0. The Morgan fingerprint density at radius 2 is 0.917 bits per heavy atom. The van der Waals surface area contributed by atoms with E-state index in [4.69, 9.17) is 28.0 Å². The SMILES string of the molecule is CCCCCC/C=C\CCCCCCCCCC(=O)OC(COC(=O)CCCCCCCCCCCCCCCCCCC)COP(=O)(O)OC1C(O)C(O)C(O)C(O)C1OC1OC(CO)C(O)C(O)C1O. The number of ether oxygens (including phenoxy) is 4. The Balaban J connectivity index is 1.89. The van der Waals surface area contributed by atoms with E-state index in [0.29, 0.717) is 12.8 Å². The second kappa shape index (κ2) is 40.6. The predicted octanol–water partition coefficient (Wildman–Crippen LogP) is 7.67. The first-order chi connectivity index (χ1) is 34.7. The van der Waals surface area contributed by atoms with Gasteiger partial charge in [0, 0.05) is 12.8 Å². The molecule has 1 saturated heterocycles. The molecule has 0 aromatic heterocycles. The molecule has 1 aliphatic carbocycles. The highest BCUT2D eigenvalue weighted by molar-refractivity contribution is 7.47. The first kappa shape index (κ1) is 66.5. The van der Waals surface area contributed by atoms with E-state index in [1.165, 1.54) is 103 Å². The van der Waals surface area contributed by atoms with Gasteiger partial charge in [0.25, 0.3) is 0 Å². The van der Waals surface area contributed by atoms with Crippen LogP contribution in [0.4, 0.5) is 0 Å². The van der Waals surface area contributed by atoms with Crippen molar-refractivity contribution in [3.05, 3.63) is 12.2 Å². The molecule has 19 heteroatoms. The number of hydrogen-bond acceptors (Lipinski definition) is 17. The molecule has 2 rings (SSSR count). The Kier molecular flexibility index (Phi) is 37.5. The van der Waals surface area contributed by atoms with Crippen LogP contribution in [0.15, 0.2) is 12.2 Å². The van der Waals surface area contributed by atoms with Crippen LogP contribution in [0.5, 0.6) is 0 Å². The van der Waals surface area contributed by atoms with Crippen LogP contribution >= 0.6 is 7.82 Å². The molecule has 9 N–H and O–H groups in total. The van der Waals surface area contributed by atoms with E-state index in [-0.39, 0.29) is 12.8 Å². The van der Waals surface area contributed by atoms with Gasteiger partial charge in [0.15, 0.2) is 12.4 Å². The molecule has 424 valence electrons. The van der Waals surface area contributed by atoms with Gasteiger partial charge in [0.1, 0.15) is 67.6 Å². The van der Waals surface area contributed by atoms with Crippen LogP contribution in [-0.4, -0.2) is 151 Å². The number of phosphoric acid groups is 1. The number of rotatable bonds is 44. The van der Waals surface area contributed by atoms with Crippen LogP contribution < -0.4 is 0 Å². The fourth-order valence-electron chi connectivity index (χ4n) is 9.11. The van der Waals surface area contributed by atoms with Crippen molar-refractivity contribution >= 4 is 19.8 Å². The van der Waals surface area contributed by atoms with Gasteiger partial charge in [-0.3, -0.25) is 18.6 Å². The smallest absolute Gasteiger partial charge is 0.462 e. The lowest BCUT2D eigenvalue weighted by Crippen LogP contribution is -2.67. The summed E-state index contributed by atoms with van der Waals surface area (Å²) in [4.78, 5) is 36.7. The lowest BCUT2D eigenvalue weighted by atomic mass is 9.84. The van der Waals surface area contributed by atoms with Crippen LogP contribution in [0.1, 0.15) is 219 Å². The molecule has 0 amide bonds. The van der Waals surface area contributed by atoms with Gasteiger partial charge >= 0.3 is 19.8 Å². The average molecular weight is 1060 g/mol. The van der Waals surface area contributed by atoms with Gasteiger partial charge in [0.2, 0.25) is 0 Å². The summed E-state index contributed by atoms with van der Waals surface area (Å²) in [5.74, 6) is -1.21. The first-order valence-corrected chi connectivity index (χ1v) is 29.5. The van der Waals surface area contributed by atoms with Gasteiger partial charge in [0.05, 0.1) is 13.2 Å². The third kappa shape index (κ3) is 28.5. The van der Waals surface area contributed by atoms with Crippen molar-refractivity contribution in [2.24, 2.45) is 0 Å². The highest BCUT2D eigenvalue weighted by atomic mass is 31.2. The largest absolute Gasteiger partial charge is 0.472 e. The normalized spacial score (nSPS) is 27.0. The number of aliphatic hydroxyl groups is 8. The molecule has 0 radical (unpaired) electrons. The Labute approximate surface area is 431 Å². The monoisotopic (exact) mass is 1050 g/mol. The lowest BCUT2D eigenvalue weighted by Gasteiger charge is -2.47. The van der Waals surface area contributed by atoms with Gasteiger partial charge in [-0.25, -0.2) is 4.57 Å². The molecule has 13 atom stereocenters. The summed E-state index contributed by atoms with van der Waals surface area (Å²) in [7, 11) is -5.38. The molecular weight excluding hydrogens is 956 g/mol. The van der Waals surface area contributed by atoms with E-state index in [9.17, 15) is 59.9 Å². The molecule has 0 aromatic rings. The standard InChI is InChI=1S/C53H99O18P/c1-3-5-7-9-11-13-15-17-19-20-22-23-25-27-29-31-33-35-42(55)66-38-40(68-43(56)36-34-32-30-28-26-24-21-18-16-14-12-10-8-6-4-2)39-67-72(64,65)71-52-49(62)47(60)46(59)48(61)51(52)70-53-50(63)45(58)44(57)41(37-54)69-53/h14,16,40-41,44-54,57-63H,3-13,15,17-39H2,1-2H3,(H,64,65)/b16-14-. The number of carbonyl (C=O) groups excluding carboxylic acids is 2. The number of phosphoric ester groups is 1. The number of hydrogen-bond donors (Lipinski definition) is 9. The van der Waals surface area contributed by atoms with Crippen molar-refractivity contribution in [3.8, 4) is 0 Å². The quantitative estimate of drug-likeness (QED) is 0.0122. The molecule has 0 spiro atoms. The van der Waals surface area contributed by atoms with Crippen molar-refractivity contribution < 1.29 is 87.9 Å². The van der Waals surface area contributed by atoms with Crippen molar-refractivity contribution in [2.75, 3.05) is 19.8 Å². The van der Waals surface area contributed by atoms with E-state index in [0.717, 1.165) is 77.0 Å². The number of esters is 2. The maximum Gasteiger partial charge on any atom is 0.472 e. The Bertz CT molecular complexity index is 1440. The molecule has 0 bridgehead atoms. The minimum absolute atomic E-state index is 0.0311. The molecule has 2 fully saturated rings. The summed E-state index contributed by atoms with van der Waals surface area (Å²) in [6.07, 6.45) is 15.6. The fourth-order valence-corrected chi connectivity index (χ4v) is 10.1. The molecule has 72 heavy (non-hydrogen) atoms. The van der Waals surface area contributed by atoms with Gasteiger partial charge in [-0.2, -0.15) is 0 Å². The molecule has 1 aliphatic heterocycles. The summed E-state index contributed by atoms with van der Waals surface area (Å²) in [5, 5.41) is 83.1. The van der Waals surface area contributed by atoms with Crippen molar-refractivity contribution in [1.82, 2.24) is 0 Å². The number of unbranched alkanes of at least 4 members (excludes halogenated alkanes) is 27. The summed E-state index contributed by atoms with van der Waals surface area (Å²) in [6, 6.07) is 0.